The number of amides is 1. The average molecular weight is 420 g/mol. The summed E-state index contributed by atoms with van der Waals surface area (Å²) in [4.78, 5) is 11.9. The number of para-hydroxylation sites is 1. The number of aromatic nitrogens is 1. The van der Waals surface area contributed by atoms with Crippen LogP contribution in [0.3, 0.4) is 0 Å². The van der Waals surface area contributed by atoms with Gasteiger partial charge in [-0.15, -0.1) is 0 Å². The number of nitrogens with one attached hydrogen (secondary N) is 1. The average Bonchev–Trinajstić information content (AvgIpc) is 3.13. The summed E-state index contributed by atoms with van der Waals surface area (Å²) < 4.78 is 38.5. The molecular formula is C20H25N3O5S. The number of aryl methyl sites for hydroxylation is 1. The number of methoxy groups -OCH3 is 1. The van der Waals surface area contributed by atoms with Gasteiger partial charge in [-0.05, 0) is 38.0 Å². The van der Waals surface area contributed by atoms with Crippen molar-refractivity contribution in [1.29, 1.82) is 0 Å². The molecule has 2 heterocycles. The van der Waals surface area contributed by atoms with E-state index in [1.165, 1.54) is 4.31 Å². The molecule has 1 aromatic heterocycles. The third-order valence-corrected chi connectivity index (χ3v) is 7.11. The Kier molecular flexibility index (Phi) is 6.39. The third-order valence-electron chi connectivity index (χ3n) is 5.06. The van der Waals surface area contributed by atoms with E-state index in [0.717, 1.165) is 5.56 Å². The minimum absolute atomic E-state index is 0.0522. The standard InChI is InChI=1S/C20H25N3O5S/c1-14-19(29(25,26)23-12-10-16(11-13-23)20(24)21-2)18(28-22-14)9-8-15-6-4-5-7-17(15)27-3/h4-9,16H,10-13H2,1-3H3,(H,21,24)/b9-8+. The number of carbonyl (C=O) groups is 1. The monoisotopic (exact) mass is 419 g/mol. The highest BCUT2D eigenvalue weighted by Crippen LogP contribution is 2.30. The van der Waals surface area contributed by atoms with Gasteiger partial charge in [-0.3, -0.25) is 4.79 Å². The van der Waals surface area contributed by atoms with Gasteiger partial charge in [-0.2, -0.15) is 4.31 Å². The lowest BCUT2D eigenvalue weighted by molar-refractivity contribution is -0.125. The summed E-state index contributed by atoms with van der Waals surface area (Å²) in [5, 5.41) is 6.49. The van der Waals surface area contributed by atoms with E-state index in [1.54, 1.807) is 33.2 Å². The SMILES string of the molecule is CNC(=O)C1CCN(S(=O)(=O)c2c(C)noc2/C=C/c2ccccc2OC)CC1. The molecule has 0 atom stereocenters. The summed E-state index contributed by atoms with van der Waals surface area (Å²) in [6, 6.07) is 7.39. The highest BCUT2D eigenvalue weighted by molar-refractivity contribution is 7.89. The van der Waals surface area contributed by atoms with Crippen LogP contribution in [0.2, 0.25) is 0 Å². The number of carbonyl (C=O) groups excluding carboxylic acids is 1. The Labute approximate surface area is 170 Å². The van der Waals surface area contributed by atoms with Crippen molar-refractivity contribution in [2.75, 3.05) is 27.2 Å². The Bertz CT molecular complexity index is 1000. The fraction of sp³-hybridized carbons (Fsp3) is 0.400. The van der Waals surface area contributed by atoms with E-state index in [0.29, 0.717) is 24.3 Å². The molecule has 8 nitrogen and oxygen atoms in total. The second-order valence-corrected chi connectivity index (χ2v) is 8.70. The topological polar surface area (TPSA) is 102 Å². The molecule has 0 unspecified atom stereocenters. The van der Waals surface area contributed by atoms with Crippen molar-refractivity contribution in [2.45, 2.75) is 24.7 Å². The van der Waals surface area contributed by atoms with E-state index in [4.69, 9.17) is 9.26 Å². The summed E-state index contributed by atoms with van der Waals surface area (Å²) in [5.74, 6) is 0.617. The molecule has 2 aromatic rings. The summed E-state index contributed by atoms with van der Waals surface area (Å²) in [7, 11) is -0.630. The minimum Gasteiger partial charge on any atom is -0.496 e. The van der Waals surface area contributed by atoms with Gasteiger partial charge in [-0.1, -0.05) is 23.4 Å². The van der Waals surface area contributed by atoms with Crippen molar-refractivity contribution in [3.63, 3.8) is 0 Å². The van der Waals surface area contributed by atoms with Crippen LogP contribution in [0, 0.1) is 12.8 Å². The zero-order chi connectivity index (χ0) is 21.0. The molecule has 1 N–H and O–H groups in total. The molecule has 1 aliphatic rings. The number of sulfonamides is 1. The summed E-state index contributed by atoms with van der Waals surface area (Å²) in [6.45, 7) is 2.16. The first-order chi connectivity index (χ1) is 13.9. The van der Waals surface area contributed by atoms with Gasteiger partial charge in [0.05, 0.1) is 7.11 Å². The molecule has 1 amide bonds. The van der Waals surface area contributed by atoms with Crippen molar-refractivity contribution >= 4 is 28.1 Å². The summed E-state index contributed by atoms with van der Waals surface area (Å²) in [6.07, 6.45) is 4.28. The molecule has 0 aliphatic carbocycles. The number of hydrogen-bond acceptors (Lipinski definition) is 6. The first kappa shape index (κ1) is 21.1. The van der Waals surface area contributed by atoms with Crippen molar-refractivity contribution in [2.24, 2.45) is 5.92 Å². The maximum absolute atomic E-state index is 13.2. The van der Waals surface area contributed by atoms with Gasteiger partial charge in [0.1, 0.15) is 11.4 Å². The Hall–Kier alpha value is -2.65. The first-order valence-corrected chi connectivity index (χ1v) is 10.8. The van der Waals surface area contributed by atoms with Crippen LogP contribution in [0.4, 0.5) is 0 Å². The normalized spacial score (nSPS) is 16.2. The molecule has 1 fully saturated rings. The predicted molar refractivity (Wildman–Crippen MR) is 109 cm³/mol. The summed E-state index contributed by atoms with van der Waals surface area (Å²) in [5.41, 5.74) is 1.09. The van der Waals surface area contributed by atoms with Crippen molar-refractivity contribution < 1.29 is 22.5 Å². The molecule has 29 heavy (non-hydrogen) atoms. The molecule has 1 aromatic carbocycles. The van der Waals surface area contributed by atoms with Crippen molar-refractivity contribution in [1.82, 2.24) is 14.8 Å². The largest absolute Gasteiger partial charge is 0.496 e. The molecule has 0 bridgehead atoms. The maximum atomic E-state index is 13.2. The molecule has 0 spiro atoms. The van der Waals surface area contributed by atoms with E-state index < -0.39 is 10.0 Å². The van der Waals surface area contributed by atoms with Gasteiger partial charge in [0.25, 0.3) is 0 Å². The van der Waals surface area contributed by atoms with Crippen LogP contribution in [0.1, 0.15) is 29.9 Å². The predicted octanol–water partition coefficient (Wildman–Crippen LogP) is 2.31. The number of nitrogens with zero attached hydrogens (tertiary/aromatic N) is 2. The van der Waals surface area contributed by atoms with Crippen LogP contribution in [0.5, 0.6) is 5.75 Å². The van der Waals surface area contributed by atoms with Crippen LogP contribution >= 0.6 is 0 Å². The lowest BCUT2D eigenvalue weighted by atomic mass is 9.97. The fourth-order valence-corrected chi connectivity index (χ4v) is 5.18. The quantitative estimate of drug-likeness (QED) is 0.771. The Balaban J connectivity index is 1.85. The smallest absolute Gasteiger partial charge is 0.248 e. The molecule has 0 saturated carbocycles. The van der Waals surface area contributed by atoms with Gasteiger partial charge in [0, 0.05) is 31.6 Å². The van der Waals surface area contributed by atoms with Gasteiger partial charge < -0.3 is 14.6 Å². The molecule has 9 heteroatoms. The van der Waals surface area contributed by atoms with Crippen LogP contribution in [0.15, 0.2) is 33.7 Å². The van der Waals surface area contributed by atoms with E-state index in [-0.39, 0.29) is 35.6 Å². The third kappa shape index (κ3) is 4.35. The molecule has 1 aliphatic heterocycles. The highest BCUT2D eigenvalue weighted by atomic mass is 32.2. The van der Waals surface area contributed by atoms with Crippen molar-refractivity contribution in [3.05, 3.63) is 41.3 Å². The highest BCUT2D eigenvalue weighted by Gasteiger charge is 2.35. The molecule has 3 rings (SSSR count). The van der Waals surface area contributed by atoms with E-state index >= 15 is 0 Å². The molecular weight excluding hydrogens is 394 g/mol. The summed E-state index contributed by atoms with van der Waals surface area (Å²) >= 11 is 0. The zero-order valence-electron chi connectivity index (χ0n) is 16.7. The van der Waals surface area contributed by atoms with Crippen LogP contribution in [-0.4, -0.2) is 51.0 Å². The number of benzene rings is 1. The maximum Gasteiger partial charge on any atom is 0.248 e. The van der Waals surface area contributed by atoms with Gasteiger partial charge >= 0.3 is 0 Å². The molecule has 0 radical (unpaired) electrons. The second kappa shape index (κ2) is 8.79. The number of rotatable bonds is 6. The van der Waals surface area contributed by atoms with E-state index in [9.17, 15) is 13.2 Å². The zero-order valence-corrected chi connectivity index (χ0v) is 17.5. The lowest BCUT2D eigenvalue weighted by Crippen LogP contribution is -2.42. The van der Waals surface area contributed by atoms with E-state index in [2.05, 4.69) is 10.5 Å². The molecule has 156 valence electrons. The lowest BCUT2D eigenvalue weighted by Gasteiger charge is -2.30. The van der Waals surface area contributed by atoms with Gasteiger partial charge in [-0.25, -0.2) is 8.42 Å². The van der Waals surface area contributed by atoms with Crippen LogP contribution in [-0.2, 0) is 14.8 Å². The first-order valence-electron chi connectivity index (χ1n) is 9.37. The second-order valence-electron chi connectivity index (χ2n) is 6.83. The Morgan fingerprint density at radius 1 is 1.28 bits per heavy atom. The Morgan fingerprint density at radius 3 is 2.62 bits per heavy atom. The van der Waals surface area contributed by atoms with E-state index in [1.807, 2.05) is 24.3 Å². The van der Waals surface area contributed by atoms with Crippen molar-refractivity contribution in [3.8, 4) is 5.75 Å². The minimum atomic E-state index is -3.79. The molecule has 1 saturated heterocycles. The van der Waals surface area contributed by atoms with Crippen LogP contribution in [0.25, 0.3) is 12.2 Å². The number of piperidine rings is 1. The number of ether oxygens (including phenoxy) is 1. The van der Waals surface area contributed by atoms with Gasteiger partial charge in [0.2, 0.25) is 15.9 Å². The van der Waals surface area contributed by atoms with Gasteiger partial charge in [0.15, 0.2) is 10.7 Å². The Morgan fingerprint density at radius 2 is 1.97 bits per heavy atom. The number of hydrogen-bond donors (Lipinski definition) is 1. The van der Waals surface area contributed by atoms with Crippen LogP contribution < -0.4 is 10.1 Å². The fourth-order valence-electron chi connectivity index (χ4n) is 3.46.